The Hall–Kier alpha value is -3.70. The maximum absolute atomic E-state index is 13.0. The van der Waals surface area contributed by atoms with Crippen LogP contribution in [-0.4, -0.2) is 38.5 Å². The lowest BCUT2D eigenvalue weighted by molar-refractivity contribution is -0.286. The van der Waals surface area contributed by atoms with Crippen molar-refractivity contribution in [2.75, 3.05) is 19.0 Å². The van der Waals surface area contributed by atoms with Crippen LogP contribution < -0.4 is 24.3 Å². The van der Waals surface area contributed by atoms with Crippen LogP contribution in [-0.2, 0) is 9.53 Å². The molecule has 30 heavy (non-hydrogen) atoms. The van der Waals surface area contributed by atoms with Gasteiger partial charge in [-0.3, -0.25) is 4.79 Å². The van der Waals surface area contributed by atoms with Crippen molar-refractivity contribution >= 4 is 17.6 Å². The number of hydrogen-bond acceptors (Lipinski definition) is 7. The highest BCUT2D eigenvalue weighted by Crippen LogP contribution is 2.42. The number of carbonyl (C=O) groups is 2. The molecular weight excluding hydrogens is 418 g/mol. The van der Waals surface area contributed by atoms with E-state index in [0.29, 0.717) is 0 Å². The average Bonchev–Trinajstić information content (AvgIpc) is 2.99. The second-order valence-electron chi connectivity index (χ2n) is 5.70. The molecule has 0 aromatic heterocycles. The fourth-order valence-corrected chi connectivity index (χ4v) is 2.43. The number of anilines is 1. The van der Waals surface area contributed by atoms with Gasteiger partial charge in [-0.2, -0.15) is 8.78 Å². The summed E-state index contributed by atoms with van der Waals surface area (Å²) in [6, 6.07) is 6.92. The highest BCUT2D eigenvalue weighted by molar-refractivity contribution is 5.96. The maximum atomic E-state index is 13.0. The van der Waals surface area contributed by atoms with E-state index in [2.05, 4.69) is 19.5 Å². The summed E-state index contributed by atoms with van der Waals surface area (Å²) in [7, 11) is 1.19. The zero-order valence-corrected chi connectivity index (χ0v) is 15.1. The standard InChI is InChI=1S/C18H13F4NO7/c1-26-13-6-9(2-4-11(13)28-17(19)20)16(25)27-8-15(24)23-10-3-5-12-14(7-10)30-18(21,22)29-12/h2-7,17H,8H2,1H3,(H,23,24). The van der Waals surface area contributed by atoms with Crippen molar-refractivity contribution < 1.29 is 50.8 Å². The Morgan fingerprint density at radius 3 is 2.50 bits per heavy atom. The minimum absolute atomic E-state index is 0.0772. The highest BCUT2D eigenvalue weighted by atomic mass is 19.3. The highest BCUT2D eigenvalue weighted by Gasteiger charge is 2.43. The van der Waals surface area contributed by atoms with E-state index >= 15 is 0 Å². The molecule has 2 aromatic carbocycles. The number of fused-ring (bicyclic) bond motifs is 1. The maximum Gasteiger partial charge on any atom is 0.586 e. The number of esters is 1. The molecule has 0 saturated heterocycles. The van der Waals surface area contributed by atoms with Crippen molar-refractivity contribution in [3.63, 3.8) is 0 Å². The van der Waals surface area contributed by atoms with Crippen molar-refractivity contribution in [3.05, 3.63) is 42.0 Å². The first-order valence-corrected chi connectivity index (χ1v) is 8.16. The van der Waals surface area contributed by atoms with Crippen LogP contribution in [0.5, 0.6) is 23.0 Å². The molecule has 1 heterocycles. The second kappa shape index (κ2) is 8.35. The molecule has 0 bridgehead atoms. The van der Waals surface area contributed by atoms with E-state index in [4.69, 9.17) is 9.47 Å². The summed E-state index contributed by atoms with van der Waals surface area (Å²) in [5.41, 5.74) is 0.0258. The zero-order valence-electron chi connectivity index (χ0n) is 15.1. The number of halogens is 4. The molecule has 0 spiro atoms. The minimum Gasteiger partial charge on any atom is -0.493 e. The summed E-state index contributed by atoms with van der Waals surface area (Å²) >= 11 is 0. The number of alkyl halides is 4. The zero-order chi connectivity index (χ0) is 21.9. The monoisotopic (exact) mass is 431 g/mol. The van der Waals surface area contributed by atoms with Gasteiger partial charge in [-0.1, -0.05) is 0 Å². The Bertz CT molecular complexity index is 968. The molecule has 2 aromatic rings. The number of carbonyl (C=O) groups excluding carboxylic acids is 2. The van der Waals surface area contributed by atoms with E-state index in [1.165, 1.54) is 19.2 Å². The van der Waals surface area contributed by atoms with Crippen LogP contribution in [0.4, 0.5) is 23.2 Å². The molecule has 0 atom stereocenters. The molecule has 1 N–H and O–H groups in total. The first-order valence-electron chi connectivity index (χ1n) is 8.16. The molecule has 0 radical (unpaired) electrons. The normalized spacial score (nSPS) is 13.7. The van der Waals surface area contributed by atoms with Gasteiger partial charge in [-0.15, -0.1) is 8.78 Å². The third kappa shape index (κ3) is 5.01. The van der Waals surface area contributed by atoms with Crippen LogP contribution in [0.3, 0.4) is 0 Å². The van der Waals surface area contributed by atoms with Crippen molar-refractivity contribution in [2.24, 2.45) is 0 Å². The Morgan fingerprint density at radius 2 is 1.80 bits per heavy atom. The van der Waals surface area contributed by atoms with Gasteiger partial charge in [0.15, 0.2) is 29.6 Å². The van der Waals surface area contributed by atoms with Gasteiger partial charge in [0.1, 0.15) is 0 Å². The van der Waals surface area contributed by atoms with Gasteiger partial charge in [0.25, 0.3) is 5.91 Å². The van der Waals surface area contributed by atoms with Crippen molar-refractivity contribution in [1.82, 2.24) is 0 Å². The van der Waals surface area contributed by atoms with Gasteiger partial charge >= 0.3 is 18.9 Å². The third-order valence-corrected chi connectivity index (χ3v) is 3.63. The summed E-state index contributed by atoms with van der Waals surface area (Å²) in [6.07, 6.45) is -3.79. The first-order chi connectivity index (χ1) is 14.2. The van der Waals surface area contributed by atoms with E-state index in [0.717, 1.165) is 24.3 Å². The number of amides is 1. The van der Waals surface area contributed by atoms with Gasteiger partial charge in [-0.25, -0.2) is 4.79 Å². The molecule has 8 nitrogen and oxygen atoms in total. The van der Waals surface area contributed by atoms with E-state index in [1.54, 1.807) is 0 Å². The summed E-state index contributed by atoms with van der Waals surface area (Å²) in [5.74, 6) is -2.58. The largest absolute Gasteiger partial charge is 0.586 e. The van der Waals surface area contributed by atoms with E-state index in [-0.39, 0.29) is 34.2 Å². The van der Waals surface area contributed by atoms with E-state index in [9.17, 15) is 27.2 Å². The molecule has 1 aliphatic heterocycles. The smallest absolute Gasteiger partial charge is 0.493 e. The second-order valence-corrected chi connectivity index (χ2v) is 5.70. The van der Waals surface area contributed by atoms with Crippen LogP contribution in [0.15, 0.2) is 36.4 Å². The summed E-state index contributed by atoms with van der Waals surface area (Å²) in [6.45, 7) is -3.79. The van der Waals surface area contributed by atoms with Crippen LogP contribution >= 0.6 is 0 Å². The SMILES string of the molecule is COc1cc(C(=O)OCC(=O)Nc2ccc3c(c2)OC(F)(F)O3)ccc1OC(F)F. The summed E-state index contributed by atoms with van der Waals surface area (Å²) in [4.78, 5) is 24.0. The van der Waals surface area contributed by atoms with Crippen molar-refractivity contribution in [3.8, 4) is 23.0 Å². The number of ether oxygens (including phenoxy) is 5. The van der Waals surface area contributed by atoms with E-state index in [1.807, 2.05) is 0 Å². The molecule has 0 saturated carbocycles. The molecule has 12 heteroatoms. The Kier molecular flexibility index (Phi) is 5.85. The molecule has 3 rings (SSSR count). The predicted molar refractivity (Wildman–Crippen MR) is 91.2 cm³/mol. The fourth-order valence-electron chi connectivity index (χ4n) is 2.43. The van der Waals surface area contributed by atoms with Crippen LogP contribution in [0.2, 0.25) is 0 Å². The van der Waals surface area contributed by atoms with Gasteiger partial charge in [0, 0.05) is 11.8 Å². The average molecular weight is 431 g/mol. The molecule has 1 aliphatic rings. The van der Waals surface area contributed by atoms with Crippen LogP contribution in [0.1, 0.15) is 10.4 Å². The predicted octanol–water partition coefficient (Wildman–Crippen LogP) is 3.41. The number of methoxy groups -OCH3 is 1. The fraction of sp³-hybridized carbons (Fsp3) is 0.222. The van der Waals surface area contributed by atoms with Crippen LogP contribution in [0.25, 0.3) is 0 Å². The summed E-state index contributed by atoms with van der Waals surface area (Å²) < 4.78 is 73.1. The van der Waals surface area contributed by atoms with E-state index < -0.39 is 31.4 Å². The topological polar surface area (TPSA) is 92.3 Å². The lowest BCUT2D eigenvalue weighted by Crippen LogP contribution is -2.25. The van der Waals surface area contributed by atoms with Crippen LogP contribution in [0, 0.1) is 0 Å². The molecule has 1 amide bonds. The molecule has 0 fully saturated rings. The van der Waals surface area contributed by atoms with Crippen molar-refractivity contribution in [2.45, 2.75) is 12.9 Å². The van der Waals surface area contributed by atoms with Gasteiger partial charge < -0.3 is 29.0 Å². The third-order valence-electron chi connectivity index (χ3n) is 3.63. The molecule has 160 valence electrons. The number of hydrogen-bond donors (Lipinski definition) is 1. The molecule has 0 unspecified atom stereocenters. The minimum atomic E-state index is -3.79. The first kappa shape index (κ1) is 21.0. The Balaban J connectivity index is 1.57. The molecular formula is C18H13F4NO7. The number of nitrogens with one attached hydrogen (secondary N) is 1. The van der Waals surface area contributed by atoms with Gasteiger partial charge in [0.05, 0.1) is 12.7 Å². The Labute approximate surface area is 166 Å². The quantitative estimate of drug-likeness (QED) is 0.531. The number of benzene rings is 2. The lowest BCUT2D eigenvalue weighted by atomic mass is 10.2. The lowest BCUT2D eigenvalue weighted by Gasteiger charge is -2.11. The van der Waals surface area contributed by atoms with Crippen molar-refractivity contribution in [1.29, 1.82) is 0 Å². The number of rotatable bonds is 7. The van der Waals surface area contributed by atoms with Gasteiger partial charge in [-0.05, 0) is 30.3 Å². The van der Waals surface area contributed by atoms with Gasteiger partial charge in [0.2, 0.25) is 0 Å². The Morgan fingerprint density at radius 1 is 1.07 bits per heavy atom. The summed E-state index contributed by atoms with van der Waals surface area (Å²) in [5, 5.41) is 2.33. The molecule has 0 aliphatic carbocycles.